The van der Waals surface area contributed by atoms with Gasteiger partial charge < -0.3 is 4.74 Å². The average molecular weight is 166 g/mol. The van der Waals surface area contributed by atoms with Crippen LogP contribution in [-0.2, 0) is 4.74 Å². The van der Waals surface area contributed by atoms with Crippen molar-refractivity contribution in [2.75, 3.05) is 6.61 Å². The Hall–Kier alpha value is -1.45. The number of carbonyl (C=O) groups is 1. The van der Waals surface area contributed by atoms with Gasteiger partial charge in [0.15, 0.2) is 5.69 Å². The third-order valence-electron chi connectivity index (χ3n) is 1.29. The molecule has 1 aromatic heterocycles. The predicted octanol–water partition coefficient (Wildman–Crippen LogP) is 0.962. The van der Waals surface area contributed by atoms with Crippen LogP contribution in [0.25, 0.3) is 0 Å². The molecule has 0 aliphatic heterocycles. The van der Waals surface area contributed by atoms with Gasteiger partial charge >= 0.3 is 5.97 Å². The summed E-state index contributed by atoms with van der Waals surface area (Å²) in [4.78, 5) is 18.7. The van der Waals surface area contributed by atoms with Gasteiger partial charge in [0.2, 0.25) is 0 Å². The molecule has 0 bridgehead atoms. The molecule has 12 heavy (non-hydrogen) atoms. The van der Waals surface area contributed by atoms with Gasteiger partial charge in [-0.15, -0.1) is 0 Å². The number of rotatable bonds is 2. The first kappa shape index (κ1) is 8.64. The summed E-state index contributed by atoms with van der Waals surface area (Å²) in [6.07, 6.45) is 1.35. The molecule has 0 radical (unpaired) electrons. The highest BCUT2D eigenvalue weighted by atomic mass is 16.5. The Kier molecular flexibility index (Phi) is 2.74. The van der Waals surface area contributed by atoms with Crippen LogP contribution in [0.5, 0.6) is 0 Å². The third-order valence-corrected chi connectivity index (χ3v) is 1.29. The van der Waals surface area contributed by atoms with E-state index in [2.05, 4.69) is 9.97 Å². The van der Waals surface area contributed by atoms with Crippen LogP contribution in [0.3, 0.4) is 0 Å². The first-order chi connectivity index (χ1) is 5.74. The van der Waals surface area contributed by atoms with Crippen LogP contribution >= 0.6 is 0 Å². The molecule has 0 spiro atoms. The summed E-state index contributed by atoms with van der Waals surface area (Å²) < 4.78 is 4.75. The van der Waals surface area contributed by atoms with E-state index in [0.29, 0.717) is 12.3 Å². The predicted molar refractivity (Wildman–Crippen MR) is 42.7 cm³/mol. The zero-order chi connectivity index (χ0) is 8.97. The first-order valence-corrected chi connectivity index (χ1v) is 3.69. The van der Waals surface area contributed by atoms with E-state index in [0.717, 1.165) is 5.69 Å². The maximum Gasteiger partial charge on any atom is 0.357 e. The molecule has 0 amide bonds. The van der Waals surface area contributed by atoms with Crippen molar-refractivity contribution in [1.29, 1.82) is 0 Å². The van der Waals surface area contributed by atoms with Gasteiger partial charge in [0, 0.05) is 5.69 Å². The number of hydrogen-bond acceptors (Lipinski definition) is 4. The zero-order valence-corrected chi connectivity index (χ0v) is 7.07. The minimum atomic E-state index is -0.400. The SMILES string of the molecule is CCOC(=O)c1cc(C)ncn1. The molecule has 0 fully saturated rings. The Labute approximate surface area is 70.6 Å². The lowest BCUT2D eigenvalue weighted by Crippen LogP contribution is -2.07. The molecule has 1 aromatic rings. The molecule has 4 heteroatoms. The standard InChI is InChI=1S/C8H10N2O2/c1-3-12-8(11)7-4-6(2)9-5-10-7/h4-5H,3H2,1-2H3. The number of aryl methyl sites for hydroxylation is 1. The topological polar surface area (TPSA) is 52.1 Å². The Morgan fingerprint density at radius 2 is 2.33 bits per heavy atom. The molecular weight excluding hydrogens is 156 g/mol. The number of nitrogens with zero attached hydrogens (tertiary/aromatic N) is 2. The van der Waals surface area contributed by atoms with Crippen molar-refractivity contribution >= 4 is 5.97 Å². The van der Waals surface area contributed by atoms with E-state index in [-0.39, 0.29) is 0 Å². The molecule has 1 heterocycles. The lowest BCUT2D eigenvalue weighted by molar-refractivity contribution is 0.0519. The van der Waals surface area contributed by atoms with Crippen LogP contribution in [0, 0.1) is 6.92 Å². The third kappa shape index (κ3) is 2.02. The Morgan fingerprint density at radius 1 is 1.58 bits per heavy atom. The molecule has 0 saturated carbocycles. The van der Waals surface area contributed by atoms with Gasteiger partial charge in [0.1, 0.15) is 6.33 Å². The van der Waals surface area contributed by atoms with Gasteiger partial charge in [-0.3, -0.25) is 0 Å². The average Bonchev–Trinajstić information content (AvgIpc) is 2.05. The smallest absolute Gasteiger partial charge is 0.357 e. The first-order valence-electron chi connectivity index (χ1n) is 3.69. The van der Waals surface area contributed by atoms with Gasteiger partial charge in [-0.25, -0.2) is 14.8 Å². The van der Waals surface area contributed by atoms with E-state index in [4.69, 9.17) is 4.74 Å². The van der Waals surface area contributed by atoms with E-state index < -0.39 is 5.97 Å². The Bertz CT molecular complexity index is 286. The molecule has 1 rings (SSSR count). The van der Waals surface area contributed by atoms with Gasteiger partial charge in [0.05, 0.1) is 6.61 Å². The molecule has 0 aliphatic rings. The van der Waals surface area contributed by atoms with Crippen molar-refractivity contribution in [3.63, 3.8) is 0 Å². The van der Waals surface area contributed by atoms with Gasteiger partial charge in [-0.05, 0) is 19.9 Å². The van der Waals surface area contributed by atoms with Crippen LogP contribution in [0.4, 0.5) is 0 Å². The normalized spacial score (nSPS) is 9.50. The van der Waals surface area contributed by atoms with E-state index >= 15 is 0 Å². The highest BCUT2D eigenvalue weighted by molar-refractivity contribution is 5.87. The van der Waals surface area contributed by atoms with E-state index in [1.807, 2.05) is 0 Å². The van der Waals surface area contributed by atoms with Crippen LogP contribution in [0.15, 0.2) is 12.4 Å². The maximum absolute atomic E-state index is 11.1. The minimum absolute atomic E-state index is 0.310. The van der Waals surface area contributed by atoms with Crippen LogP contribution in [0.1, 0.15) is 23.1 Å². The summed E-state index contributed by atoms with van der Waals surface area (Å²) >= 11 is 0. The number of esters is 1. The van der Waals surface area contributed by atoms with Gasteiger partial charge in [-0.2, -0.15) is 0 Å². The van der Waals surface area contributed by atoms with Gasteiger partial charge in [-0.1, -0.05) is 0 Å². The summed E-state index contributed by atoms with van der Waals surface area (Å²) in [5, 5.41) is 0. The van der Waals surface area contributed by atoms with Crippen molar-refractivity contribution in [3.8, 4) is 0 Å². The fourth-order valence-corrected chi connectivity index (χ4v) is 0.771. The fraction of sp³-hybridized carbons (Fsp3) is 0.375. The lowest BCUT2D eigenvalue weighted by Gasteiger charge is -1.99. The number of ether oxygens (including phenoxy) is 1. The second-order valence-electron chi connectivity index (χ2n) is 2.27. The van der Waals surface area contributed by atoms with Crippen molar-refractivity contribution in [2.24, 2.45) is 0 Å². The van der Waals surface area contributed by atoms with Crippen molar-refractivity contribution < 1.29 is 9.53 Å². The van der Waals surface area contributed by atoms with Crippen LogP contribution in [0.2, 0.25) is 0 Å². The molecule has 0 aromatic carbocycles. The Balaban J connectivity index is 2.81. The largest absolute Gasteiger partial charge is 0.461 e. The quantitative estimate of drug-likeness (QED) is 0.614. The number of carbonyl (C=O) groups excluding carboxylic acids is 1. The highest BCUT2D eigenvalue weighted by Gasteiger charge is 2.06. The van der Waals surface area contributed by atoms with Crippen molar-refractivity contribution in [1.82, 2.24) is 9.97 Å². The fourth-order valence-electron chi connectivity index (χ4n) is 0.771. The van der Waals surface area contributed by atoms with Crippen molar-refractivity contribution in [2.45, 2.75) is 13.8 Å². The molecule has 0 aliphatic carbocycles. The second-order valence-corrected chi connectivity index (χ2v) is 2.27. The maximum atomic E-state index is 11.1. The molecule has 0 saturated heterocycles. The number of aromatic nitrogens is 2. The van der Waals surface area contributed by atoms with E-state index in [1.54, 1.807) is 19.9 Å². The molecule has 0 atom stereocenters. The van der Waals surface area contributed by atoms with E-state index in [1.165, 1.54) is 6.33 Å². The van der Waals surface area contributed by atoms with Crippen LogP contribution in [-0.4, -0.2) is 22.5 Å². The molecule has 4 nitrogen and oxygen atoms in total. The summed E-state index contributed by atoms with van der Waals surface area (Å²) in [5.41, 5.74) is 1.07. The minimum Gasteiger partial charge on any atom is -0.461 e. The summed E-state index contributed by atoms with van der Waals surface area (Å²) in [7, 11) is 0. The lowest BCUT2D eigenvalue weighted by atomic mass is 10.3. The molecular formula is C8H10N2O2. The second kappa shape index (κ2) is 3.80. The molecule has 0 unspecified atom stereocenters. The van der Waals surface area contributed by atoms with Gasteiger partial charge in [0.25, 0.3) is 0 Å². The monoisotopic (exact) mass is 166 g/mol. The van der Waals surface area contributed by atoms with Crippen LogP contribution < -0.4 is 0 Å². The Morgan fingerprint density at radius 3 is 2.92 bits per heavy atom. The van der Waals surface area contributed by atoms with E-state index in [9.17, 15) is 4.79 Å². The highest BCUT2D eigenvalue weighted by Crippen LogP contribution is 1.98. The number of hydrogen-bond donors (Lipinski definition) is 0. The van der Waals surface area contributed by atoms with Crippen molar-refractivity contribution in [3.05, 3.63) is 23.8 Å². The summed E-state index contributed by atoms with van der Waals surface area (Å²) in [5.74, 6) is -0.400. The zero-order valence-electron chi connectivity index (χ0n) is 7.07. The summed E-state index contributed by atoms with van der Waals surface area (Å²) in [6.45, 7) is 3.91. The summed E-state index contributed by atoms with van der Waals surface area (Å²) in [6, 6.07) is 1.60. The molecule has 0 N–H and O–H groups in total. The molecule has 64 valence electrons.